The van der Waals surface area contributed by atoms with E-state index in [4.69, 9.17) is 19.4 Å². The van der Waals surface area contributed by atoms with Crippen molar-refractivity contribution in [2.45, 2.75) is 5.16 Å². The number of anilines is 1. The lowest BCUT2D eigenvalue weighted by atomic mass is 10.2. The number of benzene rings is 3. The van der Waals surface area contributed by atoms with E-state index >= 15 is 0 Å². The second-order valence-corrected chi connectivity index (χ2v) is 10.5. The van der Waals surface area contributed by atoms with Gasteiger partial charge in [-0.3, -0.25) is 14.9 Å². The Kier molecular flexibility index (Phi) is 7.48. The Bertz CT molecular complexity index is 1770. The predicted molar refractivity (Wildman–Crippen MR) is 159 cm³/mol. The molecule has 0 aliphatic carbocycles. The number of methoxy groups -OCH3 is 2. The fraction of sp³-hybridized carbons (Fsp3) is 0.241. The van der Waals surface area contributed by atoms with Crippen molar-refractivity contribution in [2.75, 3.05) is 51.1 Å². The predicted octanol–water partition coefficient (Wildman–Crippen LogP) is 4.31. The van der Waals surface area contributed by atoms with Gasteiger partial charge in [-0.25, -0.2) is 9.97 Å². The number of carbonyl (C=O) groups is 1. The summed E-state index contributed by atoms with van der Waals surface area (Å²) < 4.78 is 12.6. The number of carbonyl (C=O) groups excluding carboxylic acids is 1. The summed E-state index contributed by atoms with van der Waals surface area (Å²) in [6.45, 7) is 2.81. The molecule has 13 heteroatoms. The molecule has 0 unspecified atom stereocenters. The van der Waals surface area contributed by atoms with Crippen molar-refractivity contribution in [3.05, 3.63) is 76.8 Å². The average molecular weight is 586 g/mol. The number of para-hydroxylation sites is 1. The summed E-state index contributed by atoms with van der Waals surface area (Å²) in [5.74, 6) is 1.60. The number of piperazine rings is 1. The lowest BCUT2D eigenvalue weighted by Crippen LogP contribution is -2.49. The molecule has 1 amide bonds. The first-order chi connectivity index (χ1) is 20.4. The fourth-order valence-corrected chi connectivity index (χ4v) is 5.78. The van der Waals surface area contributed by atoms with Crippen LogP contribution >= 0.6 is 11.8 Å². The molecule has 1 fully saturated rings. The minimum Gasteiger partial charge on any atom is -0.493 e. The zero-order valence-corrected chi connectivity index (χ0v) is 23.8. The molecule has 6 rings (SSSR count). The van der Waals surface area contributed by atoms with E-state index in [1.165, 1.54) is 23.9 Å². The number of rotatable bonds is 8. The number of hydrogen-bond donors (Lipinski definition) is 0. The first-order valence-corrected chi connectivity index (χ1v) is 14.2. The molecule has 0 radical (unpaired) electrons. The van der Waals surface area contributed by atoms with Crippen LogP contribution in [0.4, 0.5) is 11.4 Å². The number of aromatic nitrogens is 4. The van der Waals surface area contributed by atoms with Crippen molar-refractivity contribution in [1.29, 1.82) is 0 Å². The summed E-state index contributed by atoms with van der Waals surface area (Å²) >= 11 is 1.29. The van der Waals surface area contributed by atoms with E-state index in [1.54, 1.807) is 43.0 Å². The maximum absolute atomic E-state index is 13.2. The number of ether oxygens (including phenoxy) is 2. The lowest BCUT2D eigenvalue weighted by molar-refractivity contribution is -0.384. The van der Waals surface area contributed by atoms with Gasteiger partial charge >= 0.3 is 0 Å². The Morgan fingerprint density at radius 1 is 0.952 bits per heavy atom. The van der Waals surface area contributed by atoms with Crippen LogP contribution in [0.2, 0.25) is 0 Å². The number of nitro benzene ring substituents is 1. The molecule has 1 saturated heterocycles. The number of non-ortho nitro benzene ring substituents is 1. The van der Waals surface area contributed by atoms with E-state index in [0.29, 0.717) is 57.7 Å². The molecule has 0 N–H and O–H groups in total. The zero-order chi connectivity index (χ0) is 29.2. The largest absolute Gasteiger partial charge is 0.493 e. The Morgan fingerprint density at radius 2 is 1.64 bits per heavy atom. The quantitative estimate of drug-likeness (QED) is 0.112. The van der Waals surface area contributed by atoms with Gasteiger partial charge in [-0.15, -0.1) is 5.10 Å². The van der Waals surface area contributed by atoms with Crippen LogP contribution in [0.5, 0.6) is 11.5 Å². The monoisotopic (exact) mass is 585 g/mol. The van der Waals surface area contributed by atoms with Crippen molar-refractivity contribution in [2.24, 2.45) is 0 Å². The SMILES string of the molecule is COc1cc2nc(SCC(=O)N3CCN(c4ccccc4)CC3)n3nc(-c4ccc([N+](=O)[O-])cc4)nc3c2cc1OC. The first kappa shape index (κ1) is 27.3. The summed E-state index contributed by atoms with van der Waals surface area (Å²) in [6, 6.07) is 19.8. The number of nitrogens with zero attached hydrogens (tertiary/aromatic N) is 7. The highest BCUT2D eigenvalue weighted by Gasteiger charge is 2.23. The summed E-state index contributed by atoms with van der Waals surface area (Å²) in [5.41, 5.74) is 2.87. The second kappa shape index (κ2) is 11.5. The number of nitro groups is 1. The molecular weight excluding hydrogens is 558 g/mol. The van der Waals surface area contributed by atoms with Crippen LogP contribution < -0.4 is 14.4 Å². The normalized spacial score (nSPS) is 13.5. The Hall–Kier alpha value is -4.91. The molecule has 0 atom stereocenters. The van der Waals surface area contributed by atoms with Gasteiger partial charge in [0.15, 0.2) is 28.1 Å². The molecule has 0 spiro atoms. The molecule has 5 aromatic rings. The van der Waals surface area contributed by atoms with Crippen LogP contribution in [-0.4, -0.2) is 81.5 Å². The number of fused-ring (bicyclic) bond motifs is 3. The van der Waals surface area contributed by atoms with E-state index in [1.807, 2.05) is 23.1 Å². The zero-order valence-electron chi connectivity index (χ0n) is 23.0. The fourth-order valence-electron chi connectivity index (χ4n) is 4.93. The van der Waals surface area contributed by atoms with E-state index in [0.717, 1.165) is 18.8 Å². The maximum atomic E-state index is 13.2. The highest BCUT2D eigenvalue weighted by molar-refractivity contribution is 7.99. The molecule has 12 nitrogen and oxygen atoms in total. The molecular formula is C29H27N7O5S. The highest BCUT2D eigenvalue weighted by atomic mass is 32.2. The van der Waals surface area contributed by atoms with Crippen molar-refractivity contribution < 1.29 is 19.2 Å². The molecule has 2 aromatic heterocycles. The van der Waals surface area contributed by atoms with Crippen LogP contribution in [0, 0.1) is 10.1 Å². The smallest absolute Gasteiger partial charge is 0.269 e. The summed E-state index contributed by atoms with van der Waals surface area (Å²) in [7, 11) is 3.10. The highest BCUT2D eigenvalue weighted by Crippen LogP contribution is 2.35. The minimum atomic E-state index is -0.453. The van der Waals surface area contributed by atoms with Gasteiger partial charge in [0, 0.05) is 61.0 Å². The van der Waals surface area contributed by atoms with E-state index < -0.39 is 4.92 Å². The van der Waals surface area contributed by atoms with Crippen LogP contribution in [0.15, 0.2) is 71.9 Å². The average Bonchev–Trinajstić information content (AvgIpc) is 3.49. The van der Waals surface area contributed by atoms with Crippen LogP contribution in [0.25, 0.3) is 27.9 Å². The van der Waals surface area contributed by atoms with Crippen molar-refractivity contribution in [3.8, 4) is 22.9 Å². The van der Waals surface area contributed by atoms with Crippen molar-refractivity contribution in [1.82, 2.24) is 24.5 Å². The minimum absolute atomic E-state index is 0.0192. The van der Waals surface area contributed by atoms with Gasteiger partial charge in [0.25, 0.3) is 5.69 Å². The van der Waals surface area contributed by atoms with Crippen LogP contribution in [0.3, 0.4) is 0 Å². The van der Waals surface area contributed by atoms with Gasteiger partial charge in [0.2, 0.25) is 5.91 Å². The first-order valence-electron chi connectivity index (χ1n) is 13.2. The number of amides is 1. The van der Waals surface area contributed by atoms with Crippen LogP contribution in [-0.2, 0) is 4.79 Å². The molecule has 3 heterocycles. The van der Waals surface area contributed by atoms with Crippen molar-refractivity contribution in [3.63, 3.8) is 0 Å². The molecule has 3 aromatic carbocycles. The van der Waals surface area contributed by atoms with Gasteiger partial charge in [0.05, 0.1) is 30.4 Å². The van der Waals surface area contributed by atoms with Gasteiger partial charge < -0.3 is 19.3 Å². The Balaban J connectivity index is 1.29. The summed E-state index contributed by atoms with van der Waals surface area (Å²) in [4.78, 5) is 37.6. The lowest BCUT2D eigenvalue weighted by Gasteiger charge is -2.36. The molecule has 1 aliphatic rings. The summed E-state index contributed by atoms with van der Waals surface area (Å²) in [6.07, 6.45) is 0. The molecule has 214 valence electrons. The second-order valence-electron chi connectivity index (χ2n) is 9.59. The van der Waals surface area contributed by atoms with Gasteiger partial charge in [0.1, 0.15) is 0 Å². The van der Waals surface area contributed by atoms with Crippen LogP contribution in [0.1, 0.15) is 0 Å². The van der Waals surface area contributed by atoms with Gasteiger partial charge in [-0.05, 0) is 30.3 Å². The Morgan fingerprint density at radius 3 is 2.31 bits per heavy atom. The van der Waals surface area contributed by atoms with Crippen molar-refractivity contribution >= 4 is 45.6 Å². The van der Waals surface area contributed by atoms with E-state index in [9.17, 15) is 14.9 Å². The molecule has 42 heavy (non-hydrogen) atoms. The van der Waals surface area contributed by atoms with E-state index in [2.05, 4.69) is 22.1 Å². The molecule has 0 saturated carbocycles. The Labute approximate surface area is 245 Å². The topological polar surface area (TPSA) is 128 Å². The third kappa shape index (κ3) is 5.26. The van der Waals surface area contributed by atoms with E-state index in [-0.39, 0.29) is 17.3 Å². The summed E-state index contributed by atoms with van der Waals surface area (Å²) in [5, 5.41) is 17.0. The van der Waals surface area contributed by atoms with Gasteiger partial charge in [-0.2, -0.15) is 4.52 Å². The third-order valence-corrected chi connectivity index (χ3v) is 8.08. The van der Waals surface area contributed by atoms with Gasteiger partial charge in [-0.1, -0.05) is 30.0 Å². The third-order valence-electron chi connectivity index (χ3n) is 7.16. The number of hydrogen-bond acceptors (Lipinski definition) is 10. The molecule has 0 bridgehead atoms. The molecule has 1 aliphatic heterocycles. The number of thioether (sulfide) groups is 1. The standard InChI is InChI=1S/C29H27N7O5S/c1-40-24-16-22-23(17-25(24)41-2)30-29(35-28(22)31-27(32-35)19-8-10-21(11-9-19)36(38)39)42-18-26(37)34-14-12-33(13-15-34)20-6-4-3-5-7-20/h3-11,16-17H,12-15,18H2,1-2H3. The maximum Gasteiger partial charge on any atom is 0.269 e.